The van der Waals surface area contributed by atoms with Gasteiger partial charge >= 0.3 is 0 Å². The Morgan fingerprint density at radius 2 is 1.25 bits per heavy atom. The molecule has 3 heteroatoms. The first kappa shape index (κ1) is 15.0. The minimum atomic E-state index is -1.30. The molecule has 2 aromatic carbocycles. The van der Waals surface area contributed by atoms with Crippen LogP contribution in [0.2, 0.25) is 0 Å². The smallest absolute Gasteiger partial charge is 0.185 e. The molecule has 0 aliphatic heterocycles. The van der Waals surface area contributed by atoms with E-state index < -0.39 is 9.04 Å². The zero-order valence-corrected chi connectivity index (χ0v) is 13.2. The van der Waals surface area contributed by atoms with Crippen LogP contribution in [-0.2, 0) is 21.3 Å². The number of hydrogen-bond acceptors (Lipinski definition) is 2. The van der Waals surface area contributed by atoms with Crippen LogP contribution >= 0.6 is 0 Å². The normalized spacial score (nSPS) is 10.9. The van der Waals surface area contributed by atoms with Crippen LogP contribution in [0.15, 0.2) is 60.7 Å². The average molecular weight is 286 g/mol. The van der Waals surface area contributed by atoms with Gasteiger partial charge < -0.3 is 9.16 Å². The fourth-order valence-corrected chi connectivity index (χ4v) is 4.65. The van der Waals surface area contributed by atoms with Crippen molar-refractivity contribution >= 4 is 9.04 Å². The van der Waals surface area contributed by atoms with Crippen LogP contribution in [-0.4, -0.2) is 29.4 Å². The Bertz CT molecular complexity index is 431. The van der Waals surface area contributed by atoms with Gasteiger partial charge in [-0.05, 0) is 23.2 Å². The summed E-state index contributed by atoms with van der Waals surface area (Å²) in [5, 5.41) is 0. The summed E-state index contributed by atoms with van der Waals surface area (Å²) in [5.41, 5.74) is 2.75. The molecular formula is C17H22O2Si. The lowest BCUT2D eigenvalue weighted by Crippen LogP contribution is -2.27. The molecule has 0 aromatic heterocycles. The third-order valence-corrected chi connectivity index (χ3v) is 5.81. The molecule has 106 valence electrons. The van der Waals surface area contributed by atoms with Crippen LogP contribution in [0.1, 0.15) is 11.1 Å². The molecular weight excluding hydrogens is 264 g/mol. The number of hydrogen-bond donors (Lipinski definition) is 0. The standard InChI is InChI=1S/C17H22O2Si/c1-18-12-13-19-20(14-16-8-4-2-5-9-16)15-17-10-6-3-7-11-17/h2-11,20H,12-15H2,1H3. The van der Waals surface area contributed by atoms with Gasteiger partial charge in [0, 0.05) is 7.11 Å². The van der Waals surface area contributed by atoms with Crippen molar-refractivity contribution in [2.24, 2.45) is 0 Å². The first-order valence-corrected chi connectivity index (χ1v) is 9.17. The molecule has 0 N–H and O–H groups in total. The van der Waals surface area contributed by atoms with E-state index in [0.717, 1.165) is 12.1 Å². The number of ether oxygens (including phenoxy) is 1. The van der Waals surface area contributed by atoms with Crippen molar-refractivity contribution < 1.29 is 9.16 Å². The van der Waals surface area contributed by atoms with Gasteiger partial charge in [0.2, 0.25) is 0 Å². The average Bonchev–Trinajstić information content (AvgIpc) is 2.49. The summed E-state index contributed by atoms with van der Waals surface area (Å²) in [7, 11) is 0.418. The van der Waals surface area contributed by atoms with Crippen molar-refractivity contribution in [3.05, 3.63) is 71.8 Å². The third-order valence-electron chi connectivity index (χ3n) is 3.25. The van der Waals surface area contributed by atoms with E-state index in [9.17, 15) is 0 Å². The van der Waals surface area contributed by atoms with Gasteiger partial charge in [0.15, 0.2) is 9.04 Å². The van der Waals surface area contributed by atoms with E-state index in [2.05, 4.69) is 60.7 Å². The van der Waals surface area contributed by atoms with Crippen LogP contribution in [0.4, 0.5) is 0 Å². The predicted molar refractivity (Wildman–Crippen MR) is 85.3 cm³/mol. The number of rotatable bonds is 8. The maximum Gasteiger partial charge on any atom is 0.185 e. The van der Waals surface area contributed by atoms with Crippen molar-refractivity contribution in [3.63, 3.8) is 0 Å². The highest BCUT2D eigenvalue weighted by molar-refractivity contribution is 6.50. The third kappa shape index (κ3) is 5.29. The first-order valence-electron chi connectivity index (χ1n) is 7.07. The molecule has 0 bridgehead atoms. The Balaban J connectivity index is 1.96. The highest BCUT2D eigenvalue weighted by atomic mass is 28.3. The number of benzene rings is 2. The molecule has 0 saturated heterocycles. The maximum absolute atomic E-state index is 6.10. The lowest BCUT2D eigenvalue weighted by atomic mass is 10.2. The second kappa shape index (κ2) is 8.69. The van der Waals surface area contributed by atoms with Crippen LogP contribution < -0.4 is 0 Å². The molecule has 0 spiro atoms. The van der Waals surface area contributed by atoms with Gasteiger partial charge in [0.25, 0.3) is 0 Å². The quantitative estimate of drug-likeness (QED) is 0.549. The minimum absolute atomic E-state index is 0.674. The van der Waals surface area contributed by atoms with Crippen LogP contribution in [0.5, 0.6) is 0 Å². The van der Waals surface area contributed by atoms with Crippen molar-refractivity contribution in [1.29, 1.82) is 0 Å². The number of methoxy groups -OCH3 is 1. The Hall–Kier alpha value is -1.42. The van der Waals surface area contributed by atoms with Crippen molar-refractivity contribution in [3.8, 4) is 0 Å². The summed E-state index contributed by atoms with van der Waals surface area (Å²) in [6.45, 7) is 1.38. The van der Waals surface area contributed by atoms with E-state index in [1.165, 1.54) is 11.1 Å². The molecule has 2 rings (SSSR count). The van der Waals surface area contributed by atoms with E-state index >= 15 is 0 Å². The summed E-state index contributed by atoms with van der Waals surface area (Å²) < 4.78 is 11.2. The molecule has 0 saturated carbocycles. The topological polar surface area (TPSA) is 18.5 Å². The fraction of sp³-hybridized carbons (Fsp3) is 0.294. The molecule has 0 unspecified atom stereocenters. The Kier molecular flexibility index (Phi) is 6.51. The van der Waals surface area contributed by atoms with Crippen LogP contribution in [0, 0.1) is 0 Å². The van der Waals surface area contributed by atoms with Gasteiger partial charge in [0.1, 0.15) is 0 Å². The molecule has 20 heavy (non-hydrogen) atoms. The summed E-state index contributed by atoms with van der Waals surface area (Å²) in [5.74, 6) is 0. The molecule has 0 amide bonds. The zero-order valence-electron chi connectivity index (χ0n) is 12.0. The zero-order chi connectivity index (χ0) is 14.0. The van der Waals surface area contributed by atoms with E-state index in [1.807, 2.05) is 0 Å². The summed E-state index contributed by atoms with van der Waals surface area (Å²) in [6, 6.07) is 23.4. The van der Waals surface area contributed by atoms with Crippen molar-refractivity contribution in [2.75, 3.05) is 20.3 Å². The molecule has 2 nitrogen and oxygen atoms in total. The first-order chi connectivity index (χ1) is 9.88. The monoisotopic (exact) mass is 286 g/mol. The highest BCUT2D eigenvalue weighted by Gasteiger charge is 2.13. The minimum Gasteiger partial charge on any atom is -0.417 e. The van der Waals surface area contributed by atoms with Gasteiger partial charge in [-0.3, -0.25) is 0 Å². The molecule has 0 radical (unpaired) electrons. The van der Waals surface area contributed by atoms with Gasteiger partial charge in [-0.15, -0.1) is 0 Å². The molecule has 0 heterocycles. The van der Waals surface area contributed by atoms with E-state index in [-0.39, 0.29) is 0 Å². The van der Waals surface area contributed by atoms with Gasteiger partial charge in [-0.25, -0.2) is 0 Å². The fourth-order valence-electron chi connectivity index (χ4n) is 2.24. The molecule has 0 fully saturated rings. The SMILES string of the molecule is COCCO[SiH](Cc1ccccc1)Cc1ccccc1. The lowest BCUT2D eigenvalue weighted by molar-refractivity contribution is 0.145. The second-order valence-electron chi connectivity index (χ2n) is 4.87. The molecule has 0 aliphatic carbocycles. The van der Waals surface area contributed by atoms with Gasteiger partial charge in [0.05, 0.1) is 13.2 Å². The maximum atomic E-state index is 6.10. The van der Waals surface area contributed by atoms with Crippen LogP contribution in [0.25, 0.3) is 0 Å². The molecule has 2 aromatic rings. The van der Waals surface area contributed by atoms with Gasteiger partial charge in [-0.2, -0.15) is 0 Å². The van der Waals surface area contributed by atoms with Gasteiger partial charge in [-0.1, -0.05) is 60.7 Å². The Morgan fingerprint density at radius 3 is 1.70 bits per heavy atom. The van der Waals surface area contributed by atoms with Crippen LogP contribution in [0.3, 0.4) is 0 Å². The van der Waals surface area contributed by atoms with E-state index in [1.54, 1.807) is 7.11 Å². The summed E-state index contributed by atoms with van der Waals surface area (Å²) in [4.78, 5) is 0. The summed E-state index contributed by atoms with van der Waals surface area (Å²) >= 11 is 0. The Morgan fingerprint density at radius 1 is 0.750 bits per heavy atom. The lowest BCUT2D eigenvalue weighted by Gasteiger charge is -2.16. The largest absolute Gasteiger partial charge is 0.417 e. The van der Waals surface area contributed by atoms with E-state index in [4.69, 9.17) is 9.16 Å². The van der Waals surface area contributed by atoms with Crippen molar-refractivity contribution in [2.45, 2.75) is 12.1 Å². The van der Waals surface area contributed by atoms with E-state index in [0.29, 0.717) is 13.2 Å². The summed E-state index contributed by atoms with van der Waals surface area (Å²) in [6.07, 6.45) is 0. The predicted octanol–water partition coefficient (Wildman–Crippen LogP) is 2.94. The molecule has 0 aliphatic rings. The molecule has 0 atom stereocenters. The van der Waals surface area contributed by atoms with Crippen molar-refractivity contribution in [1.82, 2.24) is 0 Å². The Labute approximate surface area is 123 Å². The second-order valence-corrected chi connectivity index (χ2v) is 7.26. The highest BCUT2D eigenvalue weighted by Crippen LogP contribution is 2.09.